The Bertz CT molecular complexity index is 160. The van der Waals surface area contributed by atoms with Crippen molar-refractivity contribution >= 4 is 0 Å². The van der Waals surface area contributed by atoms with Crippen molar-refractivity contribution in [1.29, 1.82) is 0 Å². The van der Waals surface area contributed by atoms with E-state index < -0.39 is 0 Å². The van der Waals surface area contributed by atoms with E-state index in [4.69, 9.17) is 14.2 Å². The van der Waals surface area contributed by atoms with Crippen LogP contribution in [0.4, 0.5) is 0 Å². The van der Waals surface area contributed by atoms with Crippen molar-refractivity contribution in [2.75, 3.05) is 47.6 Å². The second kappa shape index (κ2) is 7.17. The van der Waals surface area contributed by atoms with Crippen LogP contribution in [-0.2, 0) is 14.2 Å². The van der Waals surface area contributed by atoms with Gasteiger partial charge in [-0.05, 0) is 25.3 Å². The minimum Gasteiger partial charge on any atom is -0.384 e. The van der Waals surface area contributed by atoms with Crippen LogP contribution in [0.2, 0.25) is 0 Å². The van der Waals surface area contributed by atoms with Gasteiger partial charge in [0.15, 0.2) is 6.29 Å². The van der Waals surface area contributed by atoms with E-state index in [-0.39, 0.29) is 6.29 Å². The number of hydrogen-bond donors (Lipinski definition) is 0. The molecule has 0 aliphatic carbocycles. The molecular weight excluding hydrogens is 194 g/mol. The molecule has 15 heavy (non-hydrogen) atoms. The summed E-state index contributed by atoms with van der Waals surface area (Å²) in [6.45, 7) is 3.95. The summed E-state index contributed by atoms with van der Waals surface area (Å²) in [5.41, 5.74) is 0. The lowest BCUT2D eigenvalue weighted by molar-refractivity contribution is -0.120. The first-order valence-electron chi connectivity index (χ1n) is 5.57. The fourth-order valence-electron chi connectivity index (χ4n) is 2.14. The zero-order valence-electron chi connectivity index (χ0n) is 10.1. The van der Waals surface area contributed by atoms with Gasteiger partial charge in [0.1, 0.15) is 0 Å². The second-order valence-corrected chi connectivity index (χ2v) is 4.12. The van der Waals surface area contributed by atoms with E-state index >= 15 is 0 Å². The molecule has 0 spiro atoms. The molecule has 1 unspecified atom stereocenters. The van der Waals surface area contributed by atoms with Gasteiger partial charge in [-0.25, -0.2) is 0 Å². The quantitative estimate of drug-likeness (QED) is 0.620. The first-order valence-corrected chi connectivity index (χ1v) is 5.57. The molecule has 4 nitrogen and oxygen atoms in total. The Morgan fingerprint density at radius 2 is 2.00 bits per heavy atom. The highest BCUT2D eigenvalue weighted by atomic mass is 16.7. The lowest BCUT2D eigenvalue weighted by Crippen LogP contribution is -2.42. The van der Waals surface area contributed by atoms with Gasteiger partial charge in [0, 0.05) is 34.4 Å². The van der Waals surface area contributed by atoms with Crippen molar-refractivity contribution in [2.24, 2.45) is 5.92 Å². The maximum absolute atomic E-state index is 5.20. The van der Waals surface area contributed by atoms with Crippen LogP contribution in [0.5, 0.6) is 0 Å². The number of piperidine rings is 1. The number of rotatable bonds is 6. The summed E-state index contributed by atoms with van der Waals surface area (Å²) in [7, 11) is 5.14. The van der Waals surface area contributed by atoms with Crippen LogP contribution in [-0.4, -0.2) is 58.8 Å². The number of likely N-dealkylation sites (tertiary alicyclic amines) is 1. The van der Waals surface area contributed by atoms with Crippen LogP contribution in [0.1, 0.15) is 12.8 Å². The molecule has 1 saturated heterocycles. The average Bonchev–Trinajstić information content (AvgIpc) is 2.27. The Morgan fingerprint density at radius 1 is 1.27 bits per heavy atom. The van der Waals surface area contributed by atoms with Gasteiger partial charge in [-0.2, -0.15) is 0 Å². The van der Waals surface area contributed by atoms with E-state index in [2.05, 4.69) is 4.90 Å². The third-order valence-electron chi connectivity index (χ3n) is 2.94. The van der Waals surface area contributed by atoms with Crippen LogP contribution in [0.3, 0.4) is 0 Å². The molecule has 4 heteroatoms. The van der Waals surface area contributed by atoms with Crippen LogP contribution in [0.25, 0.3) is 0 Å². The topological polar surface area (TPSA) is 30.9 Å². The molecule has 0 aromatic heterocycles. The van der Waals surface area contributed by atoms with E-state index in [0.29, 0.717) is 5.92 Å². The van der Waals surface area contributed by atoms with Crippen molar-refractivity contribution in [1.82, 2.24) is 4.90 Å². The van der Waals surface area contributed by atoms with Crippen molar-refractivity contribution in [3.8, 4) is 0 Å². The van der Waals surface area contributed by atoms with Gasteiger partial charge in [-0.3, -0.25) is 4.90 Å². The first-order chi connectivity index (χ1) is 7.30. The molecule has 1 rings (SSSR count). The summed E-state index contributed by atoms with van der Waals surface area (Å²) < 4.78 is 15.6. The molecule has 0 saturated carbocycles. The molecule has 1 heterocycles. The predicted molar refractivity (Wildman–Crippen MR) is 58.8 cm³/mol. The Hall–Kier alpha value is -0.160. The highest BCUT2D eigenvalue weighted by molar-refractivity contribution is 4.73. The Morgan fingerprint density at radius 3 is 2.60 bits per heavy atom. The Labute approximate surface area is 92.5 Å². The van der Waals surface area contributed by atoms with Gasteiger partial charge in [-0.15, -0.1) is 0 Å². The van der Waals surface area contributed by atoms with E-state index in [1.165, 1.54) is 12.8 Å². The predicted octanol–water partition coefficient (Wildman–Crippen LogP) is 0.964. The Kier molecular flexibility index (Phi) is 6.17. The molecule has 1 atom stereocenters. The molecule has 0 amide bonds. The molecular formula is C11H23NO3. The van der Waals surface area contributed by atoms with Crippen LogP contribution < -0.4 is 0 Å². The summed E-state index contributed by atoms with van der Waals surface area (Å²) >= 11 is 0. The molecule has 0 aromatic rings. The van der Waals surface area contributed by atoms with Gasteiger partial charge >= 0.3 is 0 Å². The number of nitrogens with zero attached hydrogens (tertiary/aromatic N) is 1. The zero-order valence-corrected chi connectivity index (χ0v) is 10.1. The van der Waals surface area contributed by atoms with Crippen molar-refractivity contribution in [3.63, 3.8) is 0 Å². The van der Waals surface area contributed by atoms with Gasteiger partial charge in [0.2, 0.25) is 0 Å². The number of methoxy groups -OCH3 is 3. The summed E-state index contributed by atoms with van der Waals surface area (Å²) in [4.78, 5) is 2.39. The van der Waals surface area contributed by atoms with Crippen molar-refractivity contribution < 1.29 is 14.2 Å². The van der Waals surface area contributed by atoms with Crippen LogP contribution >= 0.6 is 0 Å². The molecule has 0 radical (unpaired) electrons. The van der Waals surface area contributed by atoms with Crippen molar-refractivity contribution in [3.05, 3.63) is 0 Å². The Balaban J connectivity index is 2.28. The SMILES string of the molecule is COCC1CCCN(CC(OC)OC)C1. The molecule has 1 aliphatic rings. The highest BCUT2D eigenvalue weighted by Gasteiger charge is 2.21. The van der Waals surface area contributed by atoms with E-state index in [9.17, 15) is 0 Å². The lowest BCUT2D eigenvalue weighted by atomic mass is 9.99. The third-order valence-corrected chi connectivity index (χ3v) is 2.94. The number of ether oxygens (including phenoxy) is 3. The van der Waals surface area contributed by atoms with Crippen LogP contribution in [0.15, 0.2) is 0 Å². The standard InChI is InChI=1S/C11H23NO3/c1-13-9-10-5-4-6-12(7-10)8-11(14-2)15-3/h10-11H,4-9H2,1-3H3. The van der Waals surface area contributed by atoms with E-state index in [1.54, 1.807) is 21.3 Å². The van der Waals surface area contributed by atoms with E-state index in [1.807, 2.05) is 0 Å². The minimum atomic E-state index is -0.105. The zero-order chi connectivity index (χ0) is 11.1. The van der Waals surface area contributed by atoms with Crippen molar-refractivity contribution in [2.45, 2.75) is 19.1 Å². The summed E-state index contributed by atoms with van der Waals surface area (Å²) in [6.07, 6.45) is 2.41. The summed E-state index contributed by atoms with van der Waals surface area (Å²) in [6, 6.07) is 0. The molecule has 1 aliphatic heterocycles. The molecule has 90 valence electrons. The maximum atomic E-state index is 5.20. The molecule has 0 N–H and O–H groups in total. The largest absolute Gasteiger partial charge is 0.384 e. The van der Waals surface area contributed by atoms with Gasteiger partial charge in [-0.1, -0.05) is 0 Å². The summed E-state index contributed by atoms with van der Waals surface area (Å²) in [5.74, 6) is 0.665. The van der Waals surface area contributed by atoms with E-state index in [0.717, 1.165) is 26.2 Å². The highest BCUT2D eigenvalue weighted by Crippen LogP contribution is 2.17. The minimum absolute atomic E-state index is 0.105. The smallest absolute Gasteiger partial charge is 0.169 e. The third kappa shape index (κ3) is 4.47. The number of hydrogen-bond acceptors (Lipinski definition) is 4. The van der Waals surface area contributed by atoms with Crippen LogP contribution in [0, 0.1) is 5.92 Å². The fraction of sp³-hybridized carbons (Fsp3) is 1.00. The second-order valence-electron chi connectivity index (χ2n) is 4.12. The normalized spacial score (nSPS) is 23.6. The monoisotopic (exact) mass is 217 g/mol. The fourth-order valence-corrected chi connectivity index (χ4v) is 2.14. The van der Waals surface area contributed by atoms with Gasteiger partial charge in [0.25, 0.3) is 0 Å². The lowest BCUT2D eigenvalue weighted by Gasteiger charge is -2.33. The first kappa shape index (κ1) is 12.9. The van der Waals surface area contributed by atoms with Gasteiger partial charge < -0.3 is 14.2 Å². The molecule has 0 aromatic carbocycles. The van der Waals surface area contributed by atoms with Gasteiger partial charge in [0.05, 0.1) is 6.61 Å². The molecule has 1 fully saturated rings. The maximum Gasteiger partial charge on any atom is 0.169 e. The molecule has 0 bridgehead atoms. The average molecular weight is 217 g/mol. The summed E-state index contributed by atoms with van der Waals surface area (Å²) in [5, 5.41) is 0.